The molecule has 0 aliphatic heterocycles. The second kappa shape index (κ2) is 5.47. The van der Waals surface area contributed by atoms with E-state index >= 15 is 0 Å². The lowest BCUT2D eigenvalue weighted by atomic mass is 10.2. The maximum Gasteiger partial charge on any atom is 0.151 e. The predicted molar refractivity (Wildman–Crippen MR) is 61.8 cm³/mol. The Hall–Kier alpha value is -1.61. The van der Waals surface area contributed by atoms with Crippen molar-refractivity contribution >= 4 is 15.5 Å². The first kappa shape index (κ1) is 12.5. The number of pyridine rings is 1. The minimum atomic E-state index is -2.98. The Labute approximate surface area is 95.0 Å². The second-order valence-electron chi connectivity index (χ2n) is 3.20. The lowest BCUT2D eigenvalue weighted by Crippen LogP contribution is -2.17. The fraction of sp³-hybridized carbons (Fsp3) is 0.400. The average molecular weight is 239 g/mol. The van der Waals surface area contributed by atoms with Crippen molar-refractivity contribution in [1.82, 2.24) is 4.98 Å². The zero-order valence-electron chi connectivity index (χ0n) is 8.97. The van der Waals surface area contributed by atoms with Crippen LogP contribution in [0.1, 0.15) is 12.5 Å². The molecular formula is C10H13N3O2S. The van der Waals surface area contributed by atoms with Gasteiger partial charge in [-0.1, -0.05) is 6.92 Å². The van der Waals surface area contributed by atoms with Gasteiger partial charge < -0.3 is 5.32 Å². The quantitative estimate of drug-likeness (QED) is 0.821. The van der Waals surface area contributed by atoms with Crippen LogP contribution in [0.4, 0.5) is 5.69 Å². The van der Waals surface area contributed by atoms with E-state index in [4.69, 9.17) is 5.26 Å². The van der Waals surface area contributed by atoms with E-state index in [0.717, 1.165) is 0 Å². The van der Waals surface area contributed by atoms with Crippen LogP contribution in [0.2, 0.25) is 0 Å². The van der Waals surface area contributed by atoms with E-state index in [1.807, 2.05) is 6.07 Å². The van der Waals surface area contributed by atoms with E-state index in [1.54, 1.807) is 13.0 Å². The van der Waals surface area contributed by atoms with E-state index in [1.165, 1.54) is 12.4 Å². The molecule has 86 valence electrons. The smallest absolute Gasteiger partial charge is 0.151 e. The Kier molecular flexibility index (Phi) is 4.26. The summed E-state index contributed by atoms with van der Waals surface area (Å²) in [5.41, 5.74) is 1.03. The highest BCUT2D eigenvalue weighted by Crippen LogP contribution is 2.11. The number of anilines is 1. The molecule has 0 bridgehead atoms. The lowest BCUT2D eigenvalue weighted by Gasteiger charge is -2.06. The molecule has 0 unspecified atom stereocenters. The number of sulfone groups is 1. The summed E-state index contributed by atoms with van der Waals surface area (Å²) in [4.78, 5) is 3.87. The molecule has 0 atom stereocenters. The van der Waals surface area contributed by atoms with Crippen LogP contribution in [0.3, 0.4) is 0 Å². The molecule has 0 fully saturated rings. The molecule has 1 N–H and O–H groups in total. The van der Waals surface area contributed by atoms with Crippen LogP contribution in [0, 0.1) is 11.3 Å². The van der Waals surface area contributed by atoms with E-state index in [0.29, 0.717) is 11.3 Å². The highest BCUT2D eigenvalue weighted by Gasteiger charge is 2.07. The fourth-order valence-electron chi connectivity index (χ4n) is 1.12. The molecule has 0 radical (unpaired) electrons. The van der Waals surface area contributed by atoms with Crippen LogP contribution in [0.5, 0.6) is 0 Å². The average Bonchev–Trinajstić information content (AvgIpc) is 2.29. The van der Waals surface area contributed by atoms with Crippen molar-refractivity contribution in [1.29, 1.82) is 5.26 Å². The zero-order valence-corrected chi connectivity index (χ0v) is 9.79. The molecule has 1 rings (SSSR count). The first-order valence-corrected chi connectivity index (χ1v) is 6.69. The van der Waals surface area contributed by atoms with Crippen molar-refractivity contribution in [2.24, 2.45) is 0 Å². The molecule has 0 aliphatic rings. The molecule has 0 saturated heterocycles. The standard InChI is InChI=1S/C10H13N3O2S/c1-2-16(14,15)6-5-13-10-8-12-4-3-9(10)7-11/h3-4,8,13H,2,5-6H2,1H3. The van der Waals surface area contributed by atoms with E-state index in [-0.39, 0.29) is 18.1 Å². The third-order valence-corrected chi connectivity index (χ3v) is 3.82. The largest absolute Gasteiger partial charge is 0.382 e. The van der Waals surface area contributed by atoms with E-state index < -0.39 is 9.84 Å². The van der Waals surface area contributed by atoms with Gasteiger partial charge in [0.05, 0.1) is 23.2 Å². The van der Waals surface area contributed by atoms with E-state index in [2.05, 4.69) is 10.3 Å². The molecule has 6 heteroatoms. The highest BCUT2D eigenvalue weighted by molar-refractivity contribution is 7.91. The van der Waals surface area contributed by atoms with Gasteiger partial charge in [0.1, 0.15) is 6.07 Å². The molecule has 0 aromatic carbocycles. The van der Waals surface area contributed by atoms with Gasteiger partial charge in [-0.25, -0.2) is 8.42 Å². The Balaban J connectivity index is 2.60. The van der Waals surface area contributed by atoms with Gasteiger partial charge in [-0.05, 0) is 6.07 Å². The summed E-state index contributed by atoms with van der Waals surface area (Å²) in [6.07, 6.45) is 3.03. The van der Waals surface area contributed by atoms with Crippen LogP contribution in [0.15, 0.2) is 18.5 Å². The molecule has 0 amide bonds. The number of rotatable bonds is 5. The van der Waals surface area contributed by atoms with Crippen molar-refractivity contribution in [2.75, 3.05) is 23.4 Å². The van der Waals surface area contributed by atoms with Crippen LogP contribution in [-0.2, 0) is 9.84 Å². The molecule has 1 aromatic heterocycles. The topological polar surface area (TPSA) is 82.8 Å². The number of nitriles is 1. The summed E-state index contributed by atoms with van der Waals surface area (Å²) in [7, 11) is -2.98. The van der Waals surface area contributed by atoms with Crippen LogP contribution >= 0.6 is 0 Å². The Bertz CT molecular complexity index is 491. The molecule has 0 spiro atoms. The Morgan fingerprint density at radius 2 is 2.31 bits per heavy atom. The predicted octanol–water partition coefficient (Wildman–Crippen LogP) is 0.800. The molecule has 0 aliphatic carbocycles. The highest BCUT2D eigenvalue weighted by atomic mass is 32.2. The molecule has 1 aromatic rings. The monoisotopic (exact) mass is 239 g/mol. The normalized spacial score (nSPS) is 10.8. The number of aromatic nitrogens is 1. The van der Waals surface area contributed by atoms with Crippen molar-refractivity contribution in [3.63, 3.8) is 0 Å². The van der Waals surface area contributed by atoms with Crippen LogP contribution in [0.25, 0.3) is 0 Å². The number of hydrogen-bond acceptors (Lipinski definition) is 5. The molecule has 0 saturated carbocycles. The second-order valence-corrected chi connectivity index (χ2v) is 5.67. The van der Waals surface area contributed by atoms with Gasteiger partial charge in [0, 0.05) is 18.5 Å². The van der Waals surface area contributed by atoms with Gasteiger partial charge in [0.25, 0.3) is 0 Å². The van der Waals surface area contributed by atoms with Gasteiger partial charge in [0.2, 0.25) is 0 Å². The third kappa shape index (κ3) is 3.51. The summed E-state index contributed by atoms with van der Waals surface area (Å²) in [5, 5.41) is 11.7. The van der Waals surface area contributed by atoms with Crippen LogP contribution < -0.4 is 5.32 Å². The van der Waals surface area contributed by atoms with Gasteiger partial charge in [-0.3, -0.25) is 4.98 Å². The van der Waals surface area contributed by atoms with Crippen molar-refractivity contribution in [3.8, 4) is 6.07 Å². The Morgan fingerprint density at radius 1 is 1.56 bits per heavy atom. The molecule has 5 nitrogen and oxygen atoms in total. The van der Waals surface area contributed by atoms with Crippen molar-refractivity contribution in [3.05, 3.63) is 24.0 Å². The van der Waals surface area contributed by atoms with Crippen LogP contribution in [-0.4, -0.2) is 31.5 Å². The Morgan fingerprint density at radius 3 is 2.94 bits per heavy atom. The number of nitrogens with one attached hydrogen (secondary N) is 1. The lowest BCUT2D eigenvalue weighted by molar-refractivity contribution is 0.597. The molecule has 16 heavy (non-hydrogen) atoms. The summed E-state index contributed by atoms with van der Waals surface area (Å²) < 4.78 is 22.4. The zero-order chi connectivity index (χ0) is 12.0. The summed E-state index contributed by atoms with van der Waals surface area (Å²) in [5.74, 6) is 0.191. The first-order valence-electron chi connectivity index (χ1n) is 4.87. The van der Waals surface area contributed by atoms with Gasteiger partial charge in [-0.15, -0.1) is 0 Å². The molecular weight excluding hydrogens is 226 g/mol. The van der Waals surface area contributed by atoms with Gasteiger partial charge in [-0.2, -0.15) is 5.26 Å². The number of hydrogen-bond donors (Lipinski definition) is 1. The van der Waals surface area contributed by atoms with Gasteiger partial charge in [0.15, 0.2) is 9.84 Å². The fourth-order valence-corrected chi connectivity index (χ4v) is 1.82. The summed E-state index contributed by atoms with van der Waals surface area (Å²) in [6, 6.07) is 3.59. The van der Waals surface area contributed by atoms with Crippen molar-refractivity contribution < 1.29 is 8.42 Å². The summed E-state index contributed by atoms with van der Waals surface area (Å²) in [6.45, 7) is 1.90. The number of nitrogens with zero attached hydrogens (tertiary/aromatic N) is 2. The SMILES string of the molecule is CCS(=O)(=O)CCNc1cnccc1C#N. The minimum Gasteiger partial charge on any atom is -0.382 e. The maximum absolute atomic E-state index is 11.2. The first-order chi connectivity index (χ1) is 7.59. The van der Waals surface area contributed by atoms with Crippen molar-refractivity contribution in [2.45, 2.75) is 6.92 Å². The molecule has 1 heterocycles. The van der Waals surface area contributed by atoms with Gasteiger partial charge >= 0.3 is 0 Å². The minimum absolute atomic E-state index is 0.0588. The maximum atomic E-state index is 11.2. The third-order valence-electron chi connectivity index (χ3n) is 2.11. The summed E-state index contributed by atoms with van der Waals surface area (Å²) >= 11 is 0. The van der Waals surface area contributed by atoms with E-state index in [9.17, 15) is 8.42 Å².